The largest absolute Gasteiger partial charge is 0.381 e. The fraction of sp³-hybridized carbons (Fsp3) is 0.800. The molecule has 0 amide bonds. The fourth-order valence-electron chi connectivity index (χ4n) is 3.53. The molecule has 5 nitrogen and oxygen atoms in total. The van der Waals surface area contributed by atoms with Gasteiger partial charge in [0.25, 0.3) is 0 Å². The summed E-state index contributed by atoms with van der Waals surface area (Å²) in [4.78, 5) is 10.1. The standard InChI is InChI=1S/C15H26N4O/c1-2-8-19(9-3-1)15(4-10-20-11-5-15)13-16-12-14-17-6-7-18-14/h6-7,16H,1-5,8-13H2,(H,17,18). The predicted molar refractivity (Wildman–Crippen MR) is 78.5 cm³/mol. The SMILES string of the molecule is c1c[nH]c(CNCC2(N3CCCCC3)CCOCC2)n1. The molecule has 1 aromatic heterocycles. The fourth-order valence-corrected chi connectivity index (χ4v) is 3.53. The lowest BCUT2D eigenvalue weighted by molar-refractivity contribution is -0.0358. The normalized spacial score (nSPS) is 23.8. The second-order valence-electron chi connectivity index (χ2n) is 6.02. The van der Waals surface area contributed by atoms with Crippen LogP contribution >= 0.6 is 0 Å². The van der Waals surface area contributed by atoms with Crippen LogP contribution in [0.3, 0.4) is 0 Å². The molecule has 3 heterocycles. The van der Waals surface area contributed by atoms with Crippen molar-refractivity contribution < 1.29 is 4.74 Å². The summed E-state index contributed by atoms with van der Waals surface area (Å²) in [5, 5.41) is 3.60. The van der Waals surface area contributed by atoms with Gasteiger partial charge in [0.05, 0.1) is 6.54 Å². The summed E-state index contributed by atoms with van der Waals surface area (Å²) >= 11 is 0. The molecule has 2 fully saturated rings. The van der Waals surface area contributed by atoms with Crippen molar-refractivity contribution in [2.75, 3.05) is 32.8 Å². The molecule has 0 unspecified atom stereocenters. The van der Waals surface area contributed by atoms with Crippen molar-refractivity contribution >= 4 is 0 Å². The van der Waals surface area contributed by atoms with Gasteiger partial charge in [-0.2, -0.15) is 0 Å². The van der Waals surface area contributed by atoms with Crippen molar-refractivity contribution in [2.24, 2.45) is 0 Å². The average molecular weight is 278 g/mol. The maximum Gasteiger partial charge on any atom is 0.120 e. The Morgan fingerprint density at radius 2 is 2.05 bits per heavy atom. The smallest absolute Gasteiger partial charge is 0.120 e. The van der Waals surface area contributed by atoms with E-state index in [0.29, 0.717) is 5.54 Å². The third-order valence-electron chi connectivity index (χ3n) is 4.75. The Morgan fingerprint density at radius 3 is 2.75 bits per heavy atom. The molecule has 5 heteroatoms. The van der Waals surface area contributed by atoms with Crippen LogP contribution in [0.15, 0.2) is 12.4 Å². The lowest BCUT2D eigenvalue weighted by atomic mass is 9.86. The van der Waals surface area contributed by atoms with Crippen LogP contribution in [-0.4, -0.2) is 53.3 Å². The van der Waals surface area contributed by atoms with Gasteiger partial charge < -0.3 is 15.0 Å². The van der Waals surface area contributed by atoms with E-state index in [-0.39, 0.29) is 0 Å². The summed E-state index contributed by atoms with van der Waals surface area (Å²) < 4.78 is 5.59. The van der Waals surface area contributed by atoms with E-state index >= 15 is 0 Å². The number of aromatic amines is 1. The molecule has 2 saturated heterocycles. The van der Waals surface area contributed by atoms with Gasteiger partial charge in [-0.1, -0.05) is 6.42 Å². The van der Waals surface area contributed by atoms with E-state index in [4.69, 9.17) is 4.74 Å². The van der Waals surface area contributed by atoms with Crippen molar-refractivity contribution in [1.82, 2.24) is 20.2 Å². The van der Waals surface area contributed by atoms with Gasteiger partial charge in [0.15, 0.2) is 0 Å². The predicted octanol–water partition coefficient (Wildman–Crippen LogP) is 1.53. The third kappa shape index (κ3) is 3.22. The lowest BCUT2D eigenvalue weighted by Crippen LogP contribution is -2.59. The average Bonchev–Trinajstić information content (AvgIpc) is 3.02. The van der Waals surface area contributed by atoms with Crippen LogP contribution in [0.2, 0.25) is 0 Å². The summed E-state index contributed by atoms with van der Waals surface area (Å²) in [5.74, 6) is 1.02. The molecule has 0 bridgehead atoms. The first-order valence-electron chi connectivity index (χ1n) is 7.91. The lowest BCUT2D eigenvalue weighted by Gasteiger charge is -2.48. The molecule has 0 atom stereocenters. The summed E-state index contributed by atoms with van der Waals surface area (Å²) in [7, 11) is 0. The first-order chi connectivity index (χ1) is 9.89. The van der Waals surface area contributed by atoms with Crippen LogP contribution < -0.4 is 5.32 Å². The molecule has 1 aromatic rings. The van der Waals surface area contributed by atoms with Crippen LogP contribution in [0.5, 0.6) is 0 Å². The summed E-state index contributed by atoms with van der Waals surface area (Å²) in [6, 6.07) is 0. The molecule has 0 radical (unpaired) electrons. The molecule has 20 heavy (non-hydrogen) atoms. The summed E-state index contributed by atoms with van der Waals surface area (Å²) in [5.41, 5.74) is 0.297. The maximum absolute atomic E-state index is 5.59. The van der Waals surface area contributed by atoms with Crippen LogP contribution in [0, 0.1) is 0 Å². The molecular weight excluding hydrogens is 252 g/mol. The highest BCUT2D eigenvalue weighted by Crippen LogP contribution is 2.30. The molecule has 3 rings (SSSR count). The van der Waals surface area contributed by atoms with Crippen LogP contribution in [0.1, 0.15) is 37.9 Å². The van der Waals surface area contributed by atoms with E-state index in [1.807, 2.05) is 12.4 Å². The Labute approximate surface area is 121 Å². The van der Waals surface area contributed by atoms with Gasteiger partial charge in [-0.25, -0.2) is 4.98 Å². The highest BCUT2D eigenvalue weighted by atomic mass is 16.5. The highest BCUT2D eigenvalue weighted by molar-refractivity contribution is 4.96. The third-order valence-corrected chi connectivity index (χ3v) is 4.75. The maximum atomic E-state index is 5.59. The number of imidazole rings is 1. The highest BCUT2D eigenvalue weighted by Gasteiger charge is 2.38. The number of aromatic nitrogens is 2. The van der Waals surface area contributed by atoms with E-state index in [0.717, 1.165) is 45.0 Å². The zero-order valence-corrected chi connectivity index (χ0v) is 12.2. The molecule has 2 aliphatic rings. The molecule has 0 aromatic carbocycles. The van der Waals surface area contributed by atoms with Crippen LogP contribution in [0.25, 0.3) is 0 Å². The van der Waals surface area contributed by atoms with Gasteiger partial charge >= 0.3 is 0 Å². The number of hydrogen-bond acceptors (Lipinski definition) is 4. The van der Waals surface area contributed by atoms with Crippen molar-refractivity contribution in [1.29, 1.82) is 0 Å². The Bertz CT molecular complexity index is 381. The number of nitrogens with zero attached hydrogens (tertiary/aromatic N) is 2. The number of piperidine rings is 1. The number of H-pyrrole nitrogens is 1. The minimum absolute atomic E-state index is 0.297. The van der Waals surface area contributed by atoms with Crippen molar-refractivity contribution in [3.05, 3.63) is 18.2 Å². The topological polar surface area (TPSA) is 53.2 Å². The van der Waals surface area contributed by atoms with Crippen molar-refractivity contribution in [3.63, 3.8) is 0 Å². The zero-order chi connectivity index (χ0) is 13.7. The monoisotopic (exact) mass is 278 g/mol. The molecule has 0 spiro atoms. The first-order valence-corrected chi connectivity index (χ1v) is 7.91. The summed E-state index contributed by atoms with van der Waals surface area (Å²) in [6.07, 6.45) is 10.1. The Morgan fingerprint density at radius 1 is 1.25 bits per heavy atom. The number of rotatable bonds is 5. The van der Waals surface area contributed by atoms with Crippen LogP contribution in [-0.2, 0) is 11.3 Å². The van der Waals surface area contributed by atoms with Gasteiger partial charge in [-0.05, 0) is 38.8 Å². The van der Waals surface area contributed by atoms with Gasteiger partial charge in [-0.15, -0.1) is 0 Å². The Kier molecular flexibility index (Phi) is 4.70. The van der Waals surface area contributed by atoms with E-state index < -0.39 is 0 Å². The molecule has 2 aliphatic heterocycles. The van der Waals surface area contributed by atoms with Crippen molar-refractivity contribution in [2.45, 2.75) is 44.2 Å². The first kappa shape index (κ1) is 14.0. The summed E-state index contributed by atoms with van der Waals surface area (Å²) in [6.45, 7) is 6.17. The van der Waals surface area contributed by atoms with Gasteiger partial charge in [0, 0.05) is 37.7 Å². The minimum atomic E-state index is 0.297. The number of hydrogen-bond donors (Lipinski definition) is 2. The molecule has 112 valence electrons. The van der Waals surface area contributed by atoms with Crippen LogP contribution in [0.4, 0.5) is 0 Å². The van der Waals surface area contributed by atoms with Gasteiger partial charge in [-0.3, -0.25) is 4.90 Å². The minimum Gasteiger partial charge on any atom is -0.381 e. The Hall–Kier alpha value is -0.910. The van der Waals surface area contributed by atoms with E-state index in [9.17, 15) is 0 Å². The number of nitrogens with one attached hydrogen (secondary N) is 2. The van der Waals surface area contributed by atoms with E-state index in [1.54, 1.807) is 0 Å². The number of likely N-dealkylation sites (tertiary alicyclic amines) is 1. The Balaban J connectivity index is 1.59. The molecule has 2 N–H and O–H groups in total. The van der Waals surface area contributed by atoms with E-state index in [2.05, 4.69) is 20.2 Å². The zero-order valence-electron chi connectivity index (χ0n) is 12.2. The quantitative estimate of drug-likeness (QED) is 0.858. The van der Waals surface area contributed by atoms with Gasteiger partial charge in [0.1, 0.15) is 5.82 Å². The molecule has 0 saturated carbocycles. The van der Waals surface area contributed by atoms with Crippen molar-refractivity contribution in [3.8, 4) is 0 Å². The van der Waals surface area contributed by atoms with E-state index in [1.165, 1.54) is 32.4 Å². The number of ether oxygens (including phenoxy) is 1. The van der Waals surface area contributed by atoms with Gasteiger partial charge in [0.2, 0.25) is 0 Å². The molecule has 0 aliphatic carbocycles. The molecular formula is C15H26N4O. The second kappa shape index (κ2) is 6.70. The second-order valence-corrected chi connectivity index (χ2v) is 6.02.